The maximum Gasteiger partial charge on any atom is 0.141 e. The molecule has 1 aromatic heterocycles. The Hall–Kier alpha value is -0.930. The van der Waals surface area contributed by atoms with Gasteiger partial charge in [0.25, 0.3) is 0 Å². The third-order valence-corrected chi connectivity index (χ3v) is 1.29. The maximum absolute atomic E-state index is 12.0. The molecule has 0 bridgehead atoms. The van der Waals surface area contributed by atoms with Crippen LogP contribution in [0.3, 0.4) is 0 Å². The van der Waals surface area contributed by atoms with Crippen LogP contribution in [0.25, 0.3) is 0 Å². The van der Waals surface area contributed by atoms with Crippen LogP contribution in [-0.4, -0.2) is 11.5 Å². The van der Waals surface area contributed by atoms with Crippen molar-refractivity contribution in [2.24, 2.45) is 5.73 Å². The van der Waals surface area contributed by atoms with Crippen LogP contribution < -0.4 is 5.73 Å². The number of halogens is 2. The van der Waals surface area contributed by atoms with Gasteiger partial charge in [0.1, 0.15) is 11.0 Å². The van der Waals surface area contributed by atoms with Crippen LogP contribution in [0.1, 0.15) is 6.42 Å². The van der Waals surface area contributed by atoms with Gasteiger partial charge >= 0.3 is 0 Å². The third-order valence-electron chi connectivity index (χ3n) is 1.06. The Balaban J connectivity index is 0.000000252. The van der Waals surface area contributed by atoms with Gasteiger partial charge < -0.3 is 5.73 Å². The largest absolute Gasteiger partial charge is 0.330 e. The molecule has 0 aliphatic carbocycles. The summed E-state index contributed by atoms with van der Waals surface area (Å²) < 4.78 is 12.0. The van der Waals surface area contributed by atoms with E-state index in [0.717, 1.165) is 19.2 Å². The highest BCUT2D eigenvalue weighted by Gasteiger charge is 1.86. The first-order valence-corrected chi connectivity index (χ1v) is 4.16. The van der Waals surface area contributed by atoms with Gasteiger partial charge in [-0.1, -0.05) is 17.7 Å². The zero-order valence-electron chi connectivity index (χ0n) is 7.21. The second-order valence-corrected chi connectivity index (χ2v) is 2.55. The fraction of sp³-hybridized carbons (Fsp3) is 0.222. The zero-order chi connectivity index (χ0) is 10.1. The summed E-state index contributed by atoms with van der Waals surface area (Å²) in [6.07, 6.45) is 3.81. The Morgan fingerprint density at radius 3 is 2.54 bits per heavy atom. The molecule has 13 heavy (non-hydrogen) atoms. The van der Waals surface area contributed by atoms with Crippen LogP contribution in [0.15, 0.2) is 31.0 Å². The first-order chi connectivity index (χ1) is 6.20. The van der Waals surface area contributed by atoms with Gasteiger partial charge in [0.15, 0.2) is 0 Å². The van der Waals surface area contributed by atoms with E-state index in [1.54, 1.807) is 6.08 Å². The molecule has 0 atom stereocenters. The van der Waals surface area contributed by atoms with Crippen LogP contribution in [0.5, 0.6) is 0 Å². The van der Waals surface area contributed by atoms with Crippen molar-refractivity contribution in [2.75, 3.05) is 6.54 Å². The molecule has 0 saturated carbocycles. The highest BCUT2D eigenvalue weighted by atomic mass is 35.5. The van der Waals surface area contributed by atoms with Gasteiger partial charge in [-0.2, -0.15) is 0 Å². The maximum atomic E-state index is 12.0. The van der Waals surface area contributed by atoms with Crippen molar-refractivity contribution < 1.29 is 4.39 Å². The summed E-state index contributed by atoms with van der Waals surface area (Å²) in [7, 11) is 0. The van der Waals surface area contributed by atoms with Gasteiger partial charge in [0, 0.05) is 0 Å². The van der Waals surface area contributed by atoms with E-state index >= 15 is 0 Å². The van der Waals surface area contributed by atoms with Crippen molar-refractivity contribution in [3.8, 4) is 0 Å². The van der Waals surface area contributed by atoms with E-state index in [0.29, 0.717) is 5.15 Å². The summed E-state index contributed by atoms with van der Waals surface area (Å²) in [6.45, 7) is 4.20. The number of aromatic nitrogens is 1. The van der Waals surface area contributed by atoms with E-state index < -0.39 is 0 Å². The predicted molar refractivity (Wildman–Crippen MR) is 53.1 cm³/mol. The lowest BCUT2D eigenvalue weighted by Gasteiger charge is -1.84. The van der Waals surface area contributed by atoms with E-state index in [2.05, 4.69) is 11.6 Å². The van der Waals surface area contributed by atoms with Gasteiger partial charge in [-0.15, -0.1) is 6.58 Å². The van der Waals surface area contributed by atoms with E-state index in [1.165, 1.54) is 12.1 Å². The summed E-state index contributed by atoms with van der Waals surface area (Å²) in [5.74, 6) is -0.366. The lowest BCUT2D eigenvalue weighted by atomic mass is 10.4. The SMILES string of the molecule is C=CCCN.Fc1ccc(Cl)nc1. The van der Waals surface area contributed by atoms with Crippen molar-refractivity contribution in [1.29, 1.82) is 0 Å². The third kappa shape index (κ3) is 7.43. The molecule has 1 heterocycles. The standard InChI is InChI=1S/C5H3ClFN.C4H9N/c6-5-2-1-4(7)3-8-5;1-2-3-4-5/h1-3H;2H,1,3-5H2. The molecule has 1 aromatic rings. The second kappa shape index (κ2) is 7.71. The second-order valence-electron chi connectivity index (χ2n) is 2.17. The number of rotatable bonds is 2. The smallest absolute Gasteiger partial charge is 0.141 e. The van der Waals surface area contributed by atoms with E-state index in [-0.39, 0.29) is 5.82 Å². The monoisotopic (exact) mass is 202 g/mol. The molecule has 4 heteroatoms. The molecule has 72 valence electrons. The van der Waals surface area contributed by atoms with Gasteiger partial charge in [-0.05, 0) is 25.1 Å². The Bertz CT molecular complexity index is 215. The molecule has 2 nitrogen and oxygen atoms in total. The van der Waals surface area contributed by atoms with Crippen LogP contribution in [-0.2, 0) is 0 Å². The average molecular weight is 203 g/mol. The molecule has 0 amide bonds. The van der Waals surface area contributed by atoms with Crippen LogP contribution >= 0.6 is 11.6 Å². The van der Waals surface area contributed by atoms with Gasteiger partial charge in [-0.3, -0.25) is 0 Å². The molecule has 1 rings (SSSR count). The molecular formula is C9H12ClFN2. The van der Waals surface area contributed by atoms with Crippen LogP contribution in [0, 0.1) is 5.82 Å². The predicted octanol–water partition coefficient (Wildman–Crippen LogP) is 2.40. The van der Waals surface area contributed by atoms with Crippen molar-refractivity contribution >= 4 is 11.6 Å². The molecule has 0 fully saturated rings. The first-order valence-electron chi connectivity index (χ1n) is 3.78. The quantitative estimate of drug-likeness (QED) is 0.591. The van der Waals surface area contributed by atoms with Crippen molar-refractivity contribution in [2.45, 2.75) is 6.42 Å². The molecule has 0 unspecified atom stereocenters. The number of pyridine rings is 1. The van der Waals surface area contributed by atoms with E-state index in [1.807, 2.05) is 0 Å². The Labute approximate surface area is 82.2 Å². The summed E-state index contributed by atoms with van der Waals surface area (Å²) in [4.78, 5) is 3.47. The molecule has 0 saturated heterocycles. The summed E-state index contributed by atoms with van der Waals surface area (Å²) in [5, 5.41) is 0.311. The first kappa shape index (κ1) is 12.1. The molecule has 0 radical (unpaired) electrons. The molecule has 2 N–H and O–H groups in total. The Morgan fingerprint density at radius 1 is 1.62 bits per heavy atom. The van der Waals surface area contributed by atoms with Crippen LogP contribution in [0.4, 0.5) is 4.39 Å². The summed E-state index contributed by atoms with van der Waals surface area (Å²) in [5.41, 5.74) is 5.07. The van der Waals surface area contributed by atoms with Gasteiger partial charge in [-0.25, -0.2) is 9.37 Å². The lowest BCUT2D eigenvalue weighted by molar-refractivity contribution is 0.621. The van der Waals surface area contributed by atoms with Crippen molar-refractivity contribution in [3.05, 3.63) is 42.0 Å². The molecule has 0 aliphatic rings. The number of hydrogen-bond acceptors (Lipinski definition) is 2. The minimum Gasteiger partial charge on any atom is -0.330 e. The highest BCUT2D eigenvalue weighted by Crippen LogP contribution is 2.02. The Kier molecular flexibility index (Phi) is 7.15. The van der Waals surface area contributed by atoms with Crippen molar-refractivity contribution in [3.63, 3.8) is 0 Å². The average Bonchev–Trinajstić information content (AvgIpc) is 2.13. The minimum absolute atomic E-state index is 0.311. The van der Waals surface area contributed by atoms with Crippen molar-refractivity contribution in [1.82, 2.24) is 4.98 Å². The van der Waals surface area contributed by atoms with Crippen LogP contribution in [0.2, 0.25) is 5.15 Å². The van der Waals surface area contributed by atoms with Gasteiger partial charge in [0.2, 0.25) is 0 Å². The van der Waals surface area contributed by atoms with Gasteiger partial charge in [0.05, 0.1) is 6.20 Å². The fourth-order valence-corrected chi connectivity index (χ4v) is 0.587. The number of nitrogens with zero attached hydrogens (tertiary/aromatic N) is 1. The Morgan fingerprint density at radius 2 is 2.31 bits per heavy atom. The minimum atomic E-state index is -0.366. The summed E-state index contributed by atoms with van der Waals surface area (Å²) in [6, 6.07) is 2.66. The normalized spacial score (nSPS) is 8.54. The zero-order valence-corrected chi connectivity index (χ0v) is 7.97. The highest BCUT2D eigenvalue weighted by molar-refractivity contribution is 6.29. The molecule has 0 aliphatic heterocycles. The molecule has 0 aromatic carbocycles. The molecular weight excluding hydrogens is 191 g/mol. The van der Waals surface area contributed by atoms with E-state index in [9.17, 15) is 4.39 Å². The fourth-order valence-electron chi connectivity index (χ4n) is 0.476. The lowest BCUT2D eigenvalue weighted by Crippen LogP contribution is -1.94. The molecule has 0 spiro atoms. The number of hydrogen-bond donors (Lipinski definition) is 1. The number of nitrogens with two attached hydrogens (primary N) is 1. The summed E-state index contributed by atoms with van der Waals surface area (Å²) >= 11 is 5.33. The topological polar surface area (TPSA) is 38.9 Å². The van der Waals surface area contributed by atoms with E-state index in [4.69, 9.17) is 17.3 Å².